The highest BCUT2D eigenvalue weighted by Gasteiger charge is 1.94. The molecule has 0 radical (unpaired) electrons. The lowest BCUT2D eigenvalue weighted by Gasteiger charge is -2.05. The summed E-state index contributed by atoms with van der Waals surface area (Å²) in [6, 6.07) is 0. The second-order valence-corrected chi connectivity index (χ2v) is 2.41. The minimum atomic E-state index is 0. The van der Waals surface area contributed by atoms with Gasteiger partial charge in [0.25, 0.3) is 0 Å². The zero-order chi connectivity index (χ0) is 6.41. The molecule has 8 heavy (non-hydrogen) atoms. The van der Waals surface area contributed by atoms with Gasteiger partial charge in [-0.1, -0.05) is 20.3 Å². The molecule has 0 heterocycles. The van der Waals surface area contributed by atoms with Crippen molar-refractivity contribution in [2.75, 3.05) is 13.6 Å². The lowest BCUT2D eigenvalue weighted by atomic mass is 10.1. The topological polar surface area (TPSA) is 12.0 Å². The van der Waals surface area contributed by atoms with E-state index in [1.54, 1.807) is 0 Å². The highest BCUT2D eigenvalue weighted by Crippen LogP contribution is 2.03. The number of hydrogen-bond donors (Lipinski definition) is 1. The van der Waals surface area contributed by atoms with Gasteiger partial charge in [-0.3, -0.25) is 0 Å². The van der Waals surface area contributed by atoms with Crippen molar-refractivity contribution in [1.29, 1.82) is 0 Å². The zero-order valence-corrected chi connectivity index (χ0v) is 6.20. The van der Waals surface area contributed by atoms with Gasteiger partial charge < -0.3 is 5.32 Å². The molecule has 1 nitrogen and oxygen atoms in total. The molecule has 0 aliphatic carbocycles. The predicted octanol–water partition coefficient (Wildman–Crippen LogP) is 1.89. The van der Waals surface area contributed by atoms with E-state index in [0.717, 1.165) is 12.5 Å². The van der Waals surface area contributed by atoms with E-state index in [-0.39, 0.29) is 1.43 Å². The normalized spacial score (nSPS) is 13.9. The maximum atomic E-state index is 3.13. The minimum absolute atomic E-state index is 0. The third-order valence-electron chi connectivity index (χ3n) is 1.58. The Morgan fingerprint density at radius 3 is 2.62 bits per heavy atom. The molecule has 1 atom stereocenters. The van der Waals surface area contributed by atoms with Crippen LogP contribution in [0.1, 0.15) is 28.1 Å². The SMILES string of the molecule is CCC(C)CCNC.[HH]. The van der Waals surface area contributed by atoms with Gasteiger partial charge in [0.1, 0.15) is 0 Å². The molecule has 0 aliphatic rings. The van der Waals surface area contributed by atoms with Crippen LogP contribution in [0.25, 0.3) is 0 Å². The highest BCUT2D eigenvalue weighted by atomic mass is 14.8. The first-order valence-electron chi connectivity index (χ1n) is 3.45. The maximum Gasteiger partial charge on any atom is 0 e. The van der Waals surface area contributed by atoms with Crippen molar-refractivity contribution in [3.05, 3.63) is 0 Å². The molecule has 1 unspecified atom stereocenters. The Balaban J connectivity index is 0. The smallest absolute Gasteiger partial charge is 0 e. The summed E-state index contributed by atoms with van der Waals surface area (Å²) in [5.41, 5.74) is 0. The summed E-state index contributed by atoms with van der Waals surface area (Å²) in [6.45, 7) is 5.69. The van der Waals surface area contributed by atoms with Crippen LogP contribution in [0.15, 0.2) is 0 Å². The molecule has 0 aliphatic heterocycles. The van der Waals surface area contributed by atoms with Crippen molar-refractivity contribution in [2.24, 2.45) is 5.92 Å². The van der Waals surface area contributed by atoms with Crippen molar-refractivity contribution >= 4 is 0 Å². The molecule has 0 bridgehead atoms. The van der Waals surface area contributed by atoms with Gasteiger partial charge in [-0.15, -0.1) is 0 Å². The Kier molecular flexibility index (Phi) is 5.08. The second kappa shape index (κ2) is 5.10. The standard InChI is InChI=1S/C7H17N.H2/c1-4-7(2)5-6-8-3;/h7-8H,4-6H2,1-3H3;1H. The van der Waals surface area contributed by atoms with E-state index in [2.05, 4.69) is 19.2 Å². The molecule has 0 spiro atoms. The maximum absolute atomic E-state index is 3.13. The Morgan fingerprint density at radius 1 is 1.62 bits per heavy atom. The van der Waals surface area contributed by atoms with Gasteiger partial charge in [0.2, 0.25) is 0 Å². The quantitative estimate of drug-likeness (QED) is 0.593. The third-order valence-corrected chi connectivity index (χ3v) is 1.58. The average Bonchev–Trinajstić information content (AvgIpc) is 1.83. The molecule has 0 fully saturated rings. The summed E-state index contributed by atoms with van der Waals surface area (Å²) in [6.07, 6.45) is 2.62. The first-order valence-corrected chi connectivity index (χ1v) is 3.45. The fourth-order valence-corrected chi connectivity index (χ4v) is 0.595. The van der Waals surface area contributed by atoms with Crippen molar-refractivity contribution in [2.45, 2.75) is 26.7 Å². The van der Waals surface area contributed by atoms with Gasteiger partial charge in [0, 0.05) is 1.43 Å². The summed E-state index contributed by atoms with van der Waals surface area (Å²) >= 11 is 0. The fourth-order valence-electron chi connectivity index (χ4n) is 0.595. The van der Waals surface area contributed by atoms with E-state index in [1.165, 1.54) is 12.8 Å². The first kappa shape index (κ1) is 7.96. The van der Waals surface area contributed by atoms with E-state index in [4.69, 9.17) is 0 Å². The van der Waals surface area contributed by atoms with Gasteiger partial charge in [0.05, 0.1) is 0 Å². The Morgan fingerprint density at radius 2 is 2.25 bits per heavy atom. The van der Waals surface area contributed by atoms with Crippen LogP contribution in [-0.2, 0) is 0 Å². The summed E-state index contributed by atoms with van der Waals surface area (Å²) in [7, 11) is 2.00. The predicted molar refractivity (Wildman–Crippen MR) is 40.1 cm³/mol. The molecule has 1 N–H and O–H groups in total. The van der Waals surface area contributed by atoms with E-state index in [1.807, 2.05) is 7.05 Å². The van der Waals surface area contributed by atoms with E-state index in [9.17, 15) is 0 Å². The Hall–Kier alpha value is -0.0400. The third kappa shape index (κ3) is 4.13. The summed E-state index contributed by atoms with van der Waals surface area (Å²) in [5.74, 6) is 0.891. The highest BCUT2D eigenvalue weighted by molar-refractivity contribution is 4.50. The van der Waals surface area contributed by atoms with Crippen LogP contribution in [0.2, 0.25) is 0 Å². The molecule has 52 valence electrons. The fraction of sp³-hybridized carbons (Fsp3) is 1.00. The molecular formula is C7H19N. The van der Waals surface area contributed by atoms with Crippen molar-refractivity contribution in [1.82, 2.24) is 5.32 Å². The number of hydrogen-bond acceptors (Lipinski definition) is 1. The molecule has 1 heteroatoms. The second-order valence-electron chi connectivity index (χ2n) is 2.41. The van der Waals surface area contributed by atoms with E-state index >= 15 is 0 Å². The van der Waals surface area contributed by atoms with Gasteiger partial charge >= 0.3 is 0 Å². The van der Waals surface area contributed by atoms with Crippen LogP contribution in [-0.4, -0.2) is 13.6 Å². The van der Waals surface area contributed by atoms with Crippen molar-refractivity contribution in [3.8, 4) is 0 Å². The summed E-state index contributed by atoms with van der Waals surface area (Å²) in [5, 5.41) is 3.13. The van der Waals surface area contributed by atoms with E-state index in [0.29, 0.717) is 0 Å². The molecule has 0 saturated carbocycles. The Labute approximate surface area is 54.0 Å². The van der Waals surface area contributed by atoms with Crippen molar-refractivity contribution < 1.29 is 1.43 Å². The van der Waals surface area contributed by atoms with Crippen LogP contribution < -0.4 is 5.32 Å². The Bertz CT molecular complexity index is 48.2. The minimum Gasteiger partial charge on any atom is -0.320 e. The van der Waals surface area contributed by atoms with Crippen LogP contribution in [0, 0.1) is 5.92 Å². The van der Waals surface area contributed by atoms with Crippen LogP contribution in [0.3, 0.4) is 0 Å². The number of nitrogens with one attached hydrogen (secondary N) is 1. The summed E-state index contributed by atoms with van der Waals surface area (Å²) < 4.78 is 0. The van der Waals surface area contributed by atoms with Crippen molar-refractivity contribution in [3.63, 3.8) is 0 Å². The van der Waals surface area contributed by atoms with E-state index < -0.39 is 0 Å². The van der Waals surface area contributed by atoms with Crippen LogP contribution >= 0.6 is 0 Å². The summed E-state index contributed by atoms with van der Waals surface area (Å²) in [4.78, 5) is 0. The van der Waals surface area contributed by atoms with Gasteiger partial charge in [0.15, 0.2) is 0 Å². The van der Waals surface area contributed by atoms with Gasteiger partial charge in [-0.2, -0.15) is 0 Å². The number of rotatable bonds is 4. The molecular weight excluding hydrogens is 98.1 g/mol. The molecule has 0 aromatic carbocycles. The van der Waals surface area contributed by atoms with Gasteiger partial charge in [-0.25, -0.2) is 0 Å². The lowest BCUT2D eigenvalue weighted by molar-refractivity contribution is 0.503. The largest absolute Gasteiger partial charge is 0.320 e. The van der Waals surface area contributed by atoms with Crippen LogP contribution in [0.5, 0.6) is 0 Å². The molecule has 0 aromatic rings. The molecule has 0 amide bonds. The molecule has 0 saturated heterocycles. The monoisotopic (exact) mass is 117 g/mol. The van der Waals surface area contributed by atoms with Gasteiger partial charge in [-0.05, 0) is 25.9 Å². The molecule has 0 aromatic heterocycles. The first-order chi connectivity index (χ1) is 3.81. The lowest BCUT2D eigenvalue weighted by Crippen LogP contribution is -2.10. The average molecular weight is 117 g/mol. The molecule has 0 rings (SSSR count). The van der Waals surface area contributed by atoms with Crippen LogP contribution in [0.4, 0.5) is 0 Å². The zero-order valence-electron chi connectivity index (χ0n) is 6.20.